The second kappa shape index (κ2) is 7.37. The van der Waals surface area contributed by atoms with Crippen molar-refractivity contribution in [1.82, 2.24) is 9.97 Å². The van der Waals surface area contributed by atoms with Crippen molar-refractivity contribution in [2.45, 2.75) is 4.90 Å². The predicted molar refractivity (Wildman–Crippen MR) is 109 cm³/mol. The number of pyridine rings is 1. The molecule has 4 rings (SSSR count). The number of nitrogens with zero attached hydrogens (tertiary/aromatic N) is 2. The van der Waals surface area contributed by atoms with E-state index in [1.807, 2.05) is 12.1 Å². The van der Waals surface area contributed by atoms with Crippen LogP contribution in [0.3, 0.4) is 0 Å². The standard InChI is InChI=1S/C19H14N4O3S2/c24-18(14-3-8-17-13(12-14)2-1-9-20-17)22-15-4-6-16(7-5-15)28(25,26)23-19-21-10-11-27-19/h1-12H,(H,21,23)(H,22,24). The smallest absolute Gasteiger partial charge is 0.263 e. The Labute approximate surface area is 165 Å². The van der Waals surface area contributed by atoms with Crippen molar-refractivity contribution in [2.24, 2.45) is 0 Å². The topological polar surface area (TPSA) is 101 Å². The number of hydrogen-bond donors (Lipinski definition) is 2. The van der Waals surface area contributed by atoms with E-state index in [1.165, 1.54) is 41.8 Å². The van der Waals surface area contributed by atoms with Crippen LogP contribution in [0.2, 0.25) is 0 Å². The van der Waals surface area contributed by atoms with Crippen LogP contribution < -0.4 is 10.0 Å². The van der Waals surface area contributed by atoms with Gasteiger partial charge in [0.25, 0.3) is 15.9 Å². The van der Waals surface area contributed by atoms with Crippen LogP contribution in [0, 0.1) is 0 Å². The summed E-state index contributed by atoms with van der Waals surface area (Å²) in [5.41, 5.74) is 1.79. The van der Waals surface area contributed by atoms with Gasteiger partial charge in [-0.15, -0.1) is 11.3 Å². The van der Waals surface area contributed by atoms with Crippen LogP contribution in [-0.4, -0.2) is 24.3 Å². The molecule has 7 nitrogen and oxygen atoms in total. The van der Waals surface area contributed by atoms with Crippen LogP contribution in [0.25, 0.3) is 10.9 Å². The molecule has 0 aliphatic heterocycles. The summed E-state index contributed by atoms with van der Waals surface area (Å²) < 4.78 is 27.1. The van der Waals surface area contributed by atoms with Crippen molar-refractivity contribution < 1.29 is 13.2 Å². The number of aromatic nitrogens is 2. The number of carbonyl (C=O) groups excluding carboxylic acids is 1. The average molecular weight is 410 g/mol. The zero-order chi connectivity index (χ0) is 19.6. The fourth-order valence-corrected chi connectivity index (χ4v) is 4.37. The largest absolute Gasteiger partial charge is 0.322 e. The van der Waals surface area contributed by atoms with Crippen molar-refractivity contribution in [2.75, 3.05) is 10.0 Å². The third-order valence-corrected chi connectivity index (χ3v) is 6.11. The molecular formula is C19H14N4O3S2. The molecule has 1 amide bonds. The quantitative estimate of drug-likeness (QED) is 0.522. The van der Waals surface area contributed by atoms with Crippen molar-refractivity contribution in [3.05, 3.63) is 77.9 Å². The van der Waals surface area contributed by atoms with E-state index in [0.29, 0.717) is 16.4 Å². The molecule has 0 unspecified atom stereocenters. The summed E-state index contributed by atoms with van der Waals surface area (Å²) in [6, 6.07) is 14.9. The third-order valence-electron chi connectivity index (χ3n) is 3.94. The summed E-state index contributed by atoms with van der Waals surface area (Å²) in [6.07, 6.45) is 3.21. The summed E-state index contributed by atoms with van der Waals surface area (Å²) in [6.45, 7) is 0. The maximum atomic E-state index is 12.5. The minimum Gasteiger partial charge on any atom is -0.322 e. The number of carbonyl (C=O) groups is 1. The molecule has 2 aromatic heterocycles. The molecule has 0 fully saturated rings. The van der Waals surface area contributed by atoms with Gasteiger partial charge in [-0.25, -0.2) is 13.4 Å². The first-order valence-corrected chi connectivity index (χ1v) is 10.6. The fourth-order valence-electron chi connectivity index (χ4n) is 2.59. The zero-order valence-electron chi connectivity index (χ0n) is 14.4. The Balaban J connectivity index is 1.49. The highest BCUT2D eigenvalue weighted by atomic mass is 32.2. The summed E-state index contributed by atoms with van der Waals surface area (Å²) >= 11 is 1.19. The Bertz CT molecular complexity index is 1240. The molecule has 0 saturated heterocycles. The van der Waals surface area contributed by atoms with Gasteiger partial charge in [0.1, 0.15) is 0 Å². The highest BCUT2D eigenvalue weighted by molar-refractivity contribution is 7.93. The molecular weight excluding hydrogens is 396 g/mol. The minimum atomic E-state index is -3.73. The van der Waals surface area contributed by atoms with Crippen LogP contribution in [0.15, 0.2) is 77.3 Å². The van der Waals surface area contributed by atoms with E-state index in [4.69, 9.17) is 0 Å². The Hall–Kier alpha value is -3.30. The number of hydrogen-bond acceptors (Lipinski definition) is 6. The molecule has 0 spiro atoms. The molecule has 0 radical (unpaired) electrons. The fraction of sp³-hybridized carbons (Fsp3) is 0. The molecule has 2 heterocycles. The first-order valence-electron chi connectivity index (χ1n) is 8.20. The number of thiazole rings is 1. The highest BCUT2D eigenvalue weighted by Crippen LogP contribution is 2.20. The maximum Gasteiger partial charge on any atom is 0.263 e. The van der Waals surface area contributed by atoms with Gasteiger partial charge in [-0.05, 0) is 48.5 Å². The molecule has 0 aliphatic rings. The molecule has 140 valence electrons. The van der Waals surface area contributed by atoms with Gasteiger partial charge < -0.3 is 5.32 Å². The van der Waals surface area contributed by atoms with Crippen LogP contribution in [0.4, 0.5) is 10.8 Å². The Morgan fingerprint density at radius 1 is 0.964 bits per heavy atom. The number of anilines is 2. The van der Waals surface area contributed by atoms with Gasteiger partial charge >= 0.3 is 0 Å². The summed E-state index contributed by atoms with van der Waals surface area (Å²) in [4.78, 5) is 20.7. The first kappa shape index (κ1) is 18.1. The lowest BCUT2D eigenvalue weighted by molar-refractivity contribution is 0.102. The monoisotopic (exact) mass is 410 g/mol. The molecule has 0 saturated carbocycles. The van der Waals surface area contributed by atoms with Gasteiger partial charge in [0, 0.05) is 34.4 Å². The number of nitrogens with one attached hydrogen (secondary N) is 2. The number of benzene rings is 2. The molecule has 2 N–H and O–H groups in total. The zero-order valence-corrected chi connectivity index (χ0v) is 16.0. The average Bonchev–Trinajstić information content (AvgIpc) is 3.20. The molecule has 0 atom stereocenters. The Morgan fingerprint density at radius 3 is 2.54 bits per heavy atom. The van der Waals surface area contributed by atoms with E-state index in [1.54, 1.807) is 29.8 Å². The van der Waals surface area contributed by atoms with Gasteiger partial charge in [0.05, 0.1) is 10.4 Å². The maximum absolute atomic E-state index is 12.5. The van der Waals surface area contributed by atoms with Gasteiger partial charge in [-0.3, -0.25) is 14.5 Å². The van der Waals surface area contributed by atoms with E-state index < -0.39 is 10.0 Å². The van der Waals surface area contributed by atoms with Gasteiger partial charge in [0.15, 0.2) is 5.13 Å². The van der Waals surface area contributed by atoms with Crippen LogP contribution in [0.5, 0.6) is 0 Å². The second-order valence-corrected chi connectivity index (χ2v) is 8.41. The van der Waals surface area contributed by atoms with Crippen molar-refractivity contribution in [3.8, 4) is 0 Å². The lowest BCUT2D eigenvalue weighted by atomic mass is 10.1. The highest BCUT2D eigenvalue weighted by Gasteiger charge is 2.15. The Kier molecular flexibility index (Phi) is 4.76. The summed E-state index contributed by atoms with van der Waals surface area (Å²) in [5.74, 6) is -0.290. The van der Waals surface area contributed by atoms with E-state index >= 15 is 0 Å². The van der Waals surface area contributed by atoms with Crippen molar-refractivity contribution >= 4 is 49.0 Å². The van der Waals surface area contributed by atoms with E-state index in [-0.39, 0.29) is 10.8 Å². The van der Waals surface area contributed by atoms with Crippen molar-refractivity contribution in [1.29, 1.82) is 0 Å². The number of sulfonamides is 1. The van der Waals surface area contributed by atoms with E-state index in [0.717, 1.165) is 10.9 Å². The molecule has 9 heteroatoms. The van der Waals surface area contributed by atoms with Gasteiger partial charge in [-0.2, -0.15) is 0 Å². The lowest BCUT2D eigenvalue weighted by Crippen LogP contribution is -2.14. The predicted octanol–water partition coefficient (Wildman–Crippen LogP) is 3.74. The molecule has 2 aromatic carbocycles. The SMILES string of the molecule is O=C(Nc1ccc(S(=O)(=O)Nc2nccs2)cc1)c1ccc2ncccc2c1. The van der Waals surface area contributed by atoms with Crippen LogP contribution in [0.1, 0.15) is 10.4 Å². The first-order chi connectivity index (χ1) is 13.5. The molecule has 0 aliphatic carbocycles. The molecule has 28 heavy (non-hydrogen) atoms. The van der Waals surface area contributed by atoms with Crippen molar-refractivity contribution in [3.63, 3.8) is 0 Å². The molecule has 4 aromatic rings. The number of fused-ring (bicyclic) bond motifs is 1. The van der Waals surface area contributed by atoms with E-state index in [2.05, 4.69) is 20.0 Å². The normalized spacial score (nSPS) is 11.3. The minimum absolute atomic E-state index is 0.0810. The summed E-state index contributed by atoms with van der Waals surface area (Å²) in [7, 11) is -3.73. The van der Waals surface area contributed by atoms with Crippen LogP contribution in [-0.2, 0) is 10.0 Å². The lowest BCUT2D eigenvalue weighted by Gasteiger charge is -2.08. The Morgan fingerprint density at radius 2 is 1.79 bits per heavy atom. The summed E-state index contributed by atoms with van der Waals surface area (Å²) in [5, 5.41) is 5.60. The van der Waals surface area contributed by atoms with Crippen LogP contribution >= 0.6 is 11.3 Å². The molecule has 0 bridgehead atoms. The number of amides is 1. The third kappa shape index (κ3) is 3.85. The second-order valence-electron chi connectivity index (χ2n) is 5.83. The van der Waals surface area contributed by atoms with E-state index in [9.17, 15) is 13.2 Å². The van der Waals surface area contributed by atoms with Gasteiger partial charge in [-0.1, -0.05) is 6.07 Å². The number of rotatable bonds is 5. The van der Waals surface area contributed by atoms with Gasteiger partial charge in [0.2, 0.25) is 0 Å².